The zero-order chi connectivity index (χ0) is 16.4. The Balaban J connectivity index is 2.03. The number of fused-ring (bicyclic) bond motifs is 1. The molecule has 5 heteroatoms. The summed E-state index contributed by atoms with van der Waals surface area (Å²) in [6.07, 6.45) is 3.70. The average Bonchev–Trinajstić information content (AvgIpc) is 2.60. The summed E-state index contributed by atoms with van der Waals surface area (Å²) < 4.78 is 0. The van der Waals surface area contributed by atoms with Gasteiger partial charge in [0.1, 0.15) is 12.0 Å². The number of rotatable bonds is 4. The number of hydrogen-bond acceptors (Lipinski definition) is 4. The van der Waals surface area contributed by atoms with Crippen molar-refractivity contribution in [2.24, 2.45) is 0 Å². The number of aldehydes is 1. The van der Waals surface area contributed by atoms with Crippen molar-refractivity contribution >= 4 is 17.7 Å². The van der Waals surface area contributed by atoms with Crippen molar-refractivity contribution < 1.29 is 9.72 Å². The van der Waals surface area contributed by atoms with Crippen molar-refractivity contribution in [3.05, 3.63) is 69.3 Å². The summed E-state index contributed by atoms with van der Waals surface area (Å²) in [6, 6.07) is 13.0. The zero-order valence-corrected chi connectivity index (χ0v) is 12.9. The SMILES string of the molecule is CN(c1ccc(C=O)cc1[N+](=O)[O-])[C@H]1CCCc2ccccc21. The molecule has 2 aromatic carbocycles. The number of benzene rings is 2. The summed E-state index contributed by atoms with van der Waals surface area (Å²) in [5.41, 5.74) is 3.37. The van der Waals surface area contributed by atoms with Gasteiger partial charge in [0.25, 0.3) is 5.69 Å². The molecule has 0 spiro atoms. The average molecular weight is 310 g/mol. The van der Waals surface area contributed by atoms with Crippen LogP contribution in [0.15, 0.2) is 42.5 Å². The molecular formula is C18H18N2O3. The third-order valence-corrected chi connectivity index (χ3v) is 4.52. The minimum atomic E-state index is -0.423. The quantitative estimate of drug-likeness (QED) is 0.488. The normalized spacial score (nSPS) is 16.5. The largest absolute Gasteiger partial charge is 0.362 e. The minimum absolute atomic E-state index is 0.0276. The summed E-state index contributed by atoms with van der Waals surface area (Å²) in [5, 5.41) is 11.4. The van der Waals surface area contributed by atoms with Crippen molar-refractivity contribution in [3.63, 3.8) is 0 Å². The molecule has 3 rings (SSSR count). The molecule has 0 unspecified atom stereocenters. The maximum absolute atomic E-state index is 11.4. The van der Waals surface area contributed by atoms with Gasteiger partial charge in [-0.05, 0) is 42.5 Å². The van der Waals surface area contributed by atoms with E-state index in [-0.39, 0.29) is 11.7 Å². The summed E-state index contributed by atoms with van der Waals surface area (Å²) in [6.45, 7) is 0. The van der Waals surface area contributed by atoms with Crippen LogP contribution in [-0.4, -0.2) is 18.3 Å². The van der Waals surface area contributed by atoms with Crippen LogP contribution in [0, 0.1) is 10.1 Å². The highest BCUT2D eigenvalue weighted by molar-refractivity contribution is 5.79. The molecule has 0 saturated carbocycles. The molecule has 23 heavy (non-hydrogen) atoms. The first-order chi connectivity index (χ1) is 11.1. The zero-order valence-electron chi connectivity index (χ0n) is 12.9. The highest BCUT2D eigenvalue weighted by Gasteiger charge is 2.27. The Morgan fingerprint density at radius 1 is 1.26 bits per heavy atom. The van der Waals surface area contributed by atoms with Gasteiger partial charge in [0.2, 0.25) is 0 Å². The lowest BCUT2D eigenvalue weighted by Gasteiger charge is -2.34. The predicted molar refractivity (Wildman–Crippen MR) is 89.0 cm³/mol. The summed E-state index contributed by atoms with van der Waals surface area (Å²) in [7, 11) is 1.88. The second-order valence-corrected chi connectivity index (χ2v) is 5.84. The number of nitro groups is 1. The Labute approximate surface area is 134 Å². The summed E-state index contributed by atoms with van der Waals surface area (Å²) in [5.74, 6) is 0. The highest BCUT2D eigenvalue weighted by Crippen LogP contribution is 2.39. The van der Waals surface area contributed by atoms with Gasteiger partial charge in [-0.1, -0.05) is 24.3 Å². The van der Waals surface area contributed by atoms with E-state index < -0.39 is 4.92 Å². The molecule has 0 amide bonds. The third kappa shape index (κ3) is 2.82. The van der Waals surface area contributed by atoms with Crippen LogP contribution in [0.5, 0.6) is 0 Å². The van der Waals surface area contributed by atoms with Gasteiger partial charge in [-0.25, -0.2) is 0 Å². The van der Waals surface area contributed by atoms with E-state index in [0.717, 1.165) is 19.3 Å². The van der Waals surface area contributed by atoms with E-state index in [1.807, 2.05) is 24.1 Å². The lowest BCUT2D eigenvalue weighted by atomic mass is 9.86. The molecule has 0 saturated heterocycles. The molecule has 0 N–H and O–H groups in total. The highest BCUT2D eigenvalue weighted by atomic mass is 16.6. The van der Waals surface area contributed by atoms with E-state index >= 15 is 0 Å². The number of hydrogen-bond donors (Lipinski definition) is 0. The molecule has 0 heterocycles. The Bertz CT molecular complexity index is 758. The van der Waals surface area contributed by atoms with Crippen molar-refractivity contribution in [2.45, 2.75) is 25.3 Å². The van der Waals surface area contributed by atoms with Crippen LogP contribution >= 0.6 is 0 Å². The van der Waals surface area contributed by atoms with Crippen molar-refractivity contribution in [2.75, 3.05) is 11.9 Å². The monoisotopic (exact) mass is 310 g/mol. The van der Waals surface area contributed by atoms with Crippen molar-refractivity contribution in [1.29, 1.82) is 0 Å². The number of nitro benzene ring substituents is 1. The Kier molecular flexibility index (Phi) is 4.10. The first-order valence-corrected chi connectivity index (χ1v) is 7.66. The van der Waals surface area contributed by atoms with Crippen LogP contribution in [0.2, 0.25) is 0 Å². The van der Waals surface area contributed by atoms with Crippen LogP contribution in [-0.2, 0) is 6.42 Å². The number of aryl methyl sites for hydroxylation is 1. The first kappa shape index (κ1) is 15.2. The van der Waals surface area contributed by atoms with Crippen LogP contribution in [0.4, 0.5) is 11.4 Å². The maximum Gasteiger partial charge on any atom is 0.293 e. The molecule has 1 aliphatic rings. The molecule has 118 valence electrons. The third-order valence-electron chi connectivity index (χ3n) is 4.52. The standard InChI is InChI=1S/C18H18N2O3/c1-19(16-8-4-6-14-5-2-3-7-15(14)16)17-10-9-13(12-21)11-18(17)20(22)23/h2-3,5,7,9-12,16H,4,6,8H2,1H3/t16-/m0/s1. The number of nitrogens with zero attached hydrogens (tertiary/aromatic N) is 2. The van der Waals surface area contributed by atoms with E-state index in [2.05, 4.69) is 12.1 Å². The second kappa shape index (κ2) is 6.20. The lowest BCUT2D eigenvalue weighted by molar-refractivity contribution is -0.384. The van der Waals surface area contributed by atoms with E-state index in [1.165, 1.54) is 17.2 Å². The molecule has 0 radical (unpaired) electrons. The van der Waals surface area contributed by atoms with E-state index in [4.69, 9.17) is 0 Å². The molecule has 0 bridgehead atoms. The molecule has 1 aliphatic carbocycles. The van der Waals surface area contributed by atoms with Gasteiger partial charge in [0.15, 0.2) is 0 Å². The smallest absolute Gasteiger partial charge is 0.293 e. The minimum Gasteiger partial charge on any atom is -0.362 e. The lowest BCUT2D eigenvalue weighted by Crippen LogP contribution is -2.28. The van der Waals surface area contributed by atoms with Gasteiger partial charge >= 0.3 is 0 Å². The van der Waals surface area contributed by atoms with Gasteiger partial charge in [0, 0.05) is 18.7 Å². The Morgan fingerprint density at radius 3 is 2.78 bits per heavy atom. The van der Waals surface area contributed by atoms with Gasteiger partial charge in [-0.15, -0.1) is 0 Å². The van der Waals surface area contributed by atoms with Gasteiger partial charge < -0.3 is 4.90 Å². The Morgan fingerprint density at radius 2 is 2.04 bits per heavy atom. The van der Waals surface area contributed by atoms with E-state index in [9.17, 15) is 14.9 Å². The number of anilines is 1. The summed E-state index contributed by atoms with van der Waals surface area (Å²) >= 11 is 0. The fourth-order valence-corrected chi connectivity index (χ4v) is 3.36. The van der Waals surface area contributed by atoms with Gasteiger partial charge in [-0.2, -0.15) is 0 Å². The molecular weight excluding hydrogens is 292 g/mol. The molecule has 2 aromatic rings. The summed E-state index contributed by atoms with van der Waals surface area (Å²) in [4.78, 5) is 23.8. The van der Waals surface area contributed by atoms with Gasteiger partial charge in [-0.3, -0.25) is 14.9 Å². The van der Waals surface area contributed by atoms with Crippen LogP contribution in [0.1, 0.15) is 40.4 Å². The number of carbonyl (C=O) groups excluding carboxylic acids is 1. The van der Waals surface area contributed by atoms with E-state index in [0.29, 0.717) is 17.5 Å². The van der Waals surface area contributed by atoms with Crippen molar-refractivity contribution in [3.8, 4) is 0 Å². The fourth-order valence-electron chi connectivity index (χ4n) is 3.36. The first-order valence-electron chi connectivity index (χ1n) is 7.66. The van der Waals surface area contributed by atoms with Crippen LogP contribution in [0.25, 0.3) is 0 Å². The number of carbonyl (C=O) groups is 1. The maximum atomic E-state index is 11.4. The topological polar surface area (TPSA) is 63.5 Å². The molecule has 0 aliphatic heterocycles. The molecule has 1 atom stereocenters. The van der Waals surface area contributed by atoms with E-state index in [1.54, 1.807) is 12.1 Å². The fraction of sp³-hybridized carbons (Fsp3) is 0.278. The van der Waals surface area contributed by atoms with Crippen molar-refractivity contribution in [1.82, 2.24) is 0 Å². The van der Waals surface area contributed by atoms with Crippen LogP contribution < -0.4 is 4.90 Å². The molecule has 5 nitrogen and oxygen atoms in total. The molecule has 0 aromatic heterocycles. The predicted octanol–water partition coefficient (Wildman–Crippen LogP) is 3.92. The van der Waals surface area contributed by atoms with Crippen LogP contribution in [0.3, 0.4) is 0 Å². The Hall–Kier alpha value is -2.69. The second-order valence-electron chi connectivity index (χ2n) is 5.84. The van der Waals surface area contributed by atoms with Gasteiger partial charge in [0.05, 0.1) is 11.0 Å². The molecule has 0 fully saturated rings.